The van der Waals surface area contributed by atoms with Crippen LogP contribution >= 0.6 is 0 Å². The molecule has 0 amide bonds. The summed E-state index contributed by atoms with van der Waals surface area (Å²) >= 11 is 0. The van der Waals surface area contributed by atoms with Crippen molar-refractivity contribution in [2.45, 2.75) is 58.3 Å². The van der Waals surface area contributed by atoms with E-state index in [2.05, 4.69) is 4.98 Å². The third kappa shape index (κ3) is 4.44. The molecule has 1 fully saturated rings. The highest BCUT2D eigenvalue weighted by Crippen LogP contribution is 2.27. The lowest BCUT2D eigenvalue weighted by atomic mass is 9.96. The summed E-state index contributed by atoms with van der Waals surface area (Å²) < 4.78 is 23.8. The number of fused-ring (bicyclic) bond motifs is 1. The monoisotopic (exact) mass is 493 g/mol. The molecule has 1 aliphatic rings. The van der Waals surface area contributed by atoms with Gasteiger partial charge in [0, 0.05) is 44.1 Å². The number of benzene rings is 1. The number of ether oxygens (including phenoxy) is 1. The third-order valence-electron chi connectivity index (χ3n) is 6.56. The minimum absolute atomic E-state index is 0.0932. The van der Waals surface area contributed by atoms with Crippen molar-refractivity contribution in [2.75, 3.05) is 6.61 Å². The Bertz CT molecular complexity index is 1480. The van der Waals surface area contributed by atoms with Crippen molar-refractivity contribution in [3.05, 3.63) is 74.8 Å². The van der Waals surface area contributed by atoms with Gasteiger partial charge in [0.1, 0.15) is 17.7 Å². The van der Waals surface area contributed by atoms with Crippen LogP contribution in [-0.4, -0.2) is 41.5 Å². The van der Waals surface area contributed by atoms with Gasteiger partial charge in [0.25, 0.3) is 5.56 Å². The van der Waals surface area contributed by atoms with Gasteiger partial charge in [-0.15, -0.1) is 0 Å². The summed E-state index contributed by atoms with van der Waals surface area (Å²) in [6, 6.07) is 9.65. The highest BCUT2D eigenvalue weighted by molar-refractivity contribution is 5.77. The molecule has 0 atom stereocenters. The molecule has 36 heavy (non-hydrogen) atoms. The molecule has 3 aromatic heterocycles. The number of nitrogens with zero attached hydrogens (tertiary/aromatic N) is 5. The molecular formula is C26H28FN5O4. The van der Waals surface area contributed by atoms with Crippen LogP contribution in [0.5, 0.6) is 5.88 Å². The Hall–Kier alpha value is -3.79. The van der Waals surface area contributed by atoms with Crippen molar-refractivity contribution in [1.82, 2.24) is 23.7 Å². The maximum atomic E-state index is 13.6. The van der Waals surface area contributed by atoms with Gasteiger partial charge in [0.15, 0.2) is 11.2 Å². The van der Waals surface area contributed by atoms with E-state index in [-0.39, 0.29) is 49.2 Å². The Balaban J connectivity index is 1.68. The molecule has 5 rings (SSSR count). The first-order chi connectivity index (χ1) is 17.5. The fourth-order valence-electron chi connectivity index (χ4n) is 4.39. The third-order valence-corrected chi connectivity index (χ3v) is 6.56. The van der Waals surface area contributed by atoms with Gasteiger partial charge in [-0.3, -0.25) is 13.9 Å². The van der Waals surface area contributed by atoms with Gasteiger partial charge < -0.3 is 14.4 Å². The zero-order chi connectivity index (χ0) is 25.2. The van der Waals surface area contributed by atoms with Crippen molar-refractivity contribution in [2.24, 2.45) is 0 Å². The van der Waals surface area contributed by atoms with E-state index >= 15 is 0 Å². The number of hydrogen-bond acceptors (Lipinski definition) is 6. The second-order valence-corrected chi connectivity index (χ2v) is 8.94. The largest absolute Gasteiger partial charge is 0.474 e. The SMILES string of the molecule is CCn1c(=O)n(CCCO)c(=O)c2c1nc(-c1ccc(OC3CCC3)nc1)n2Cc1ccc(F)cc1. The number of aryl methyl sites for hydroxylation is 1. The molecular weight excluding hydrogens is 465 g/mol. The van der Waals surface area contributed by atoms with Crippen LogP contribution in [0.25, 0.3) is 22.6 Å². The van der Waals surface area contributed by atoms with E-state index in [0.717, 1.165) is 29.4 Å². The molecule has 1 aromatic carbocycles. The van der Waals surface area contributed by atoms with Crippen LogP contribution in [0.3, 0.4) is 0 Å². The lowest BCUT2D eigenvalue weighted by Gasteiger charge is -2.25. The number of imidazole rings is 1. The molecule has 1 aliphatic carbocycles. The maximum absolute atomic E-state index is 13.6. The topological polar surface area (TPSA) is 104 Å². The Kier molecular flexibility index (Phi) is 6.69. The van der Waals surface area contributed by atoms with Crippen molar-refractivity contribution >= 4 is 11.2 Å². The average Bonchev–Trinajstić information content (AvgIpc) is 3.22. The summed E-state index contributed by atoms with van der Waals surface area (Å²) in [5, 5.41) is 9.28. The molecule has 0 unspecified atom stereocenters. The highest BCUT2D eigenvalue weighted by Gasteiger charge is 2.23. The van der Waals surface area contributed by atoms with Crippen molar-refractivity contribution < 1.29 is 14.2 Å². The highest BCUT2D eigenvalue weighted by atomic mass is 19.1. The molecule has 4 aromatic rings. The van der Waals surface area contributed by atoms with E-state index in [0.29, 0.717) is 23.8 Å². The number of aromatic nitrogens is 5. The quantitative estimate of drug-likeness (QED) is 0.385. The van der Waals surface area contributed by atoms with Crippen LogP contribution < -0.4 is 16.0 Å². The van der Waals surface area contributed by atoms with E-state index in [1.807, 2.05) is 13.0 Å². The molecule has 0 bridgehead atoms. The zero-order valence-corrected chi connectivity index (χ0v) is 20.1. The minimum atomic E-state index is -0.480. The molecule has 3 heterocycles. The maximum Gasteiger partial charge on any atom is 0.332 e. The standard InChI is InChI=1S/C26H28FN5O4/c1-2-30-24-22(25(34)31(26(30)35)13-4-14-33)32(16-17-7-10-19(27)11-8-17)23(29-24)18-9-12-21(28-15-18)36-20-5-3-6-20/h7-12,15,20,33H,2-6,13-14,16H2,1H3. The van der Waals surface area contributed by atoms with E-state index in [1.54, 1.807) is 29.0 Å². The second-order valence-electron chi connectivity index (χ2n) is 8.94. The zero-order valence-electron chi connectivity index (χ0n) is 20.1. The Morgan fingerprint density at radius 1 is 1.08 bits per heavy atom. The predicted molar refractivity (Wildman–Crippen MR) is 133 cm³/mol. The van der Waals surface area contributed by atoms with E-state index < -0.39 is 11.2 Å². The first-order valence-electron chi connectivity index (χ1n) is 12.2. The summed E-state index contributed by atoms with van der Waals surface area (Å²) in [5.41, 5.74) is 1.02. The van der Waals surface area contributed by atoms with E-state index in [4.69, 9.17) is 9.72 Å². The number of rotatable bonds is 9. The van der Waals surface area contributed by atoms with Crippen molar-refractivity contribution in [3.63, 3.8) is 0 Å². The van der Waals surface area contributed by atoms with Gasteiger partial charge in [0.05, 0.1) is 0 Å². The first kappa shape index (κ1) is 23.9. The molecule has 9 nitrogen and oxygen atoms in total. The van der Waals surface area contributed by atoms with Crippen LogP contribution in [-0.2, 0) is 19.6 Å². The van der Waals surface area contributed by atoms with Crippen LogP contribution in [0.15, 0.2) is 52.2 Å². The van der Waals surface area contributed by atoms with Gasteiger partial charge in [-0.05, 0) is 56.4 Å². The Morgan fingerprint density at radius 3 is 2.47 bits per heavy atom. The summed E-state index contributed by atoms with van der Waals surface area (Å²) in [6.07, 6.45) is 5.32. The van der Waals surface area contributed by atoms with Gasteiger partial charge in [-0.1, -0.05) is 12.1 Å². The molecule has 0 radical (unpaired) electrons. The van der Waals surface area contributed by atoms with Crippen LogP contribution in [0.1, 0.15) is 38.2 Å². The number of aliphatic hydroxyl groups is 1. The van der Waals surface area contributed by atoms with E-state index in [1.165, 1.54) is 16.7 Å². The number of aliphatic hydroxyl groups excluding tert-OH is 1. The molecule has 188 valence electrons. The molecule has 0 aliphatic heterocycles. The Morgan fingerprint density at radius 2 is 1.86 bits per heavy atom. The number of pyridine rings is 1. The van der Waals surface area contributed by atoms with Crippen molar-refractivity contribution in [1.29, 1.82) is 0 Å². The number of halogens is 1. The fourth-order valence-corrected chi connectivity index (χ4v) is 4.39. The predicted octanol–water partition coefficient (Wildman–Crippen LogP) is 2.94. The summed E-state index contributed by atoms with van der Waals surface area (Å²) in [4.78, 5) is 35.8. The van der Waals surface area contributed by atoms with Crippen LogP contribution in [0.2, 0.25) is 0 Å². The minimum Gasteiger partial charge on any atom is -0.474 e. The summed E-state index contributed by atoms with van der Waals surface area (Å²) in [5.74, 6) is 0.643. The first-order valence-corrected chi connectivity index (χ1v) is 12.2. The van der Waals surface area contributed by atoms with E-state index in [9.17, 15) is 19.1 Å². The van der Waals surface area contributed by atoms with Gasteiger partial charge >= 0.3 is 5.69 Å². The van der Waals surface area contributed by atoms with Gasteiger partial charge in [-0.2, -0.15) is 0 Å². The molecule has 1 N–H and O–H groups in total. The smallest absolute Gasteiger partial charge is 0.332 e. The van der Waals surface area contributed by atoms with Gasteiger partial charge in [0.2, 0.25) is 5.88 Å². The lowest BCUT2D eigenvalue weighted by molar-refractivity contribution is 0.114. The molecule has 10 heteroatoms. The Labute approximate surface area is 206 Å². The van der Waals surface area contributed by atoms with Crippen LogP contribution in [0, 0.1) is 5.82 Å². The summed E-state index contributed by atoms with van der Waals surface area (Å²) in [7, 11) is 0. The van der Waals surface area contributed by atoms with Gasteiger partial charge in [-0.25, -0.2) is 19.2 Å². The summed E-state index contributed by atoms with van der Waals surface area (Å²) in [6.45, 7) is 2.32. The normalized spacial score (nSPS) is 13.8. The molecule has 1 saturated carbocycles. The fraction of sp³-hybridized carbons (Fsp3) is 0.385. The number of hydrogen-bond donors (Lipinski definition) is 1. The second kappa shape index (κ2) is 10.1. The molecule has 0 saturated heterocycles. The lowest BCUT2D eigenvalue weighted by Crippen LogP contribution is -2.40. The molecule has 0 spiro atoms. The average molecular weight is 494 g/mol. The van der Waals surface area contributed by atoms with Crippen molar-refractivity contribution in [3.8, 4) is 17.3 Å². The van der Waals surface area contributed by atoms with Crippen LogP contribution in [0.4, 0.5) is 4.39 Å².